The van der Waals surface area contributed by atoms with Gasteiger partial charge in [0.1, 0.15) is 12.2 Å². The first kappa shape index (κ1) is 24.3. The number of hydrogen-bond acceptors (Lipinski definition) is 6. The number of rotatable bonds is 7. The van der Waals surface area contributed by atoms with Crippen molar-refractivity contribution in [2.75, 3.05) is 25.3 Å². The molecule has 1 aliphatic carbocycles. The Morgan fingerprint density at radius 2 is 1.65 bits per heavy atom. The van der Waals surface area contributed by atoms with Crippen LogP contribution in [0.2, 0.25) is 0 Å². The molecule has 1 amide bonds. The van der Waals surface area contributed by atoms with Gasteiger partial charge in [-0.15, -0.1) is 5.10 Å². The number of esters is 2. The molecule has 0 spiro atoms. The summed E-state index contributed by atoms with van der Waals surface area (Å²) in [6, 6.07) is 5.12. The Morgan fingerprint density at radius 3 is 2.23 bits per heavy atom. The van der Waals surface area contributed by atoms with E-state index < -0.39 is 30.1 Å². The fourth-order valence-electron chi connectivity index (χ4n) is 3.44. The van der Waals surface area contributed by atoms with Gasteiger partial charge < -0.3 is 14.4 Å². The predicted octanol–water partition coefficient (Wildman–Crippen LogP) is 3.25. The van der Waals surface area contributed by atoms with Gasteiger partial charge in [0.05, 0.1) is 18.9 Å². The summed E-state index contributed by atoms with van der Waals surface area (Å²) in [6.07, 6.45) is 4.42. The van der Waals surface area contributed by atoms with Gasteiger partial charge in [0.2, 0.25) is 5.84 Å². The zero-order chi connectivity index (χ0) is 22.8. The highest BCUT2D eigenvalue weighted by Crippen LogP contribution is 2.23. The number of hydrogen-bond donors (Lipinski definition) is 0. The second kappa shape index (κ2) is 12.0. The number of halogens is 1. The van der Waals surface area contributed by atoms with Crippen LogP contribution in [0.1, 0.15) is 52.4 Å². The average molecular weight is 435 g/mol. The van der Waals surface area contributed by atoms with E-state index in [9.17, 15) is 18.8 Å². The molecule has 31 heavy (non-hydrogen) atoms. The quantitative estimate of drug-likeness (QED) is 0.215. The largest absolute Gasteiger partial charge is 0.466 e. The summed E-state index contributed by atoms with van der Waals surface area (Å²) >= 11 is 0. The van der Waals surface area contributed by atoms with Gasteiger partial charge in [-0.25, -0.2) is 9.18 Å². The van der Waals surface area contributed by atoms with E-state index in [-0.39, 0.29) is 30.8 Å². The number of ether oxygens (including phenoxy) is 2. The molecule has 0 N–H and O–H groups in total. The van der Waals surface area contributed by atoms with Gasteiger partial charge in [0, 0.05) is 13.1 Å². The Labute approximate surface area is 182 Å². The van der Waals surface area contributed by atoms with Gasteiger partial charge in [-0.2, -0.15) is 5.01 Å². The van der Waals surface area contributed by atoms with E-state index in [1.807, 2.05) is 0 Å². The third-order valence-corrected chi connectivity index (χ3v) is 5.02. The topological polar surface area (TPSA) is 88.5 Å². The van der Waals surface area contributed by atoms with Crippen LogP contribution in [0.5, 0.6) is 0 Å². The van der Waals surface area contributed by atoms with Crippen molar-refractivity contribution >= 4 is 29.4 Å². The van der Waals surface area contributed by atoms with Crippen LogP contribution >= 0.6 is 0 Å². The van der Waals surface area contributed by atoms with E-state index in [1.54, 1.807) is 25.8 Å². The Kier molecular flexibility index (Phi) is 9.42. The minimum atomic E-state index is -0.715. The van der Waals surface area contributed by atoms with Crippen LogP contribution in [0.3, 0.4) is 0 Å². The Hall–Kier alpha value is -2.97. The second-order valence-electron chi connectivity index (χ2n) is 7.21. The van der Waals surface area contributed by atoms with Crippen molar-refractivity contribution in [3.05, 3.63) is 30.1 Å². The average Bonchev–Trinajstić information content (AvgIpc) is 2.75. The third kappa shape index (κ3) is 7.04. The van der Waals surface area contributed by atoms with Crippen molar-refractivity contribution in [3.63, 3.8) is 0 Å². The van der Waals surface area contributed by atoms with E-state index >= 15 is 0 Å². The molecule has 1 aromatic rings. The Morgan fingerprint density at radius 1 is 1.03 bits per heavy atom. The van der Waals surface area contributed by atoms with E-state index in [0.29, 0.717) is 0 Å². The monoisotopic (exact) mass is 435 g/mol. The van der Waals surface area contributed by atoms with Crippen molar-refractivity contribution in [1.29, 1.82) is 0 Å². The molecule has 1 saturated carbocycles. The minimum Gasteiger partial charge on any atom is -0.466 e. The van der Waals surface area contributed by atoms with Crippen LogP contribution in [0.4, 0.5) is 10.1 Å². The summed E-state index contributed by atoms with van der Waals surface area (Å²) in [4.78, 5) is 39.2. The lowest BCUT2D eigenvalue weighted by Gasteiger charge is -2.33. The minimum absolute atomic E-state index is 0.0460. The van der Waals surface area contributed by atoms with Gasteiger partial charge in [0.25, 0.3) is 5.91 Å². The zero-order valence-electron chi connectivity index (χ0n) is 18.3. The van der Waals surface area contributed by atoms with Gasteiger partial charge in [0.15, 0.2) is 0 Å². The van der Waals surface area contributed by atoms with Crippen molar-refractivity contribution in [2.24, 2.45) is 5.10 Å². The highest BCUT2D eigenvalue weighted by Gasteiger charge is 2.29. The highest BCUT2D eigenvalue weighted by molar-refractivity contribution is 6.35. The number of carbonyl (C=O) groups excluding carboxylic acids is 3. The van der Waals surface area contributed by atoms with Gasteiger partial charge in [-0.05, 0) is 51.0 Å². The second-order valence-corrected chi connectivity index (χ2v) is 7.21. The fraction of sp³-hybridized carbons (Fsp3) is 0.545. The molecule has 0 saturated heterocycles. The summed E-state index contributed by atoms with van der Waals surface area (Å²) in [5.74, 6) is -2.63. The number of benzene rings is 1. The molecule has 0 heterocycles. The lowest BCUT2D eigenvalue weighted by Crippen LogP contribution is -2.45. The van der Waals surface area contributed by atoms with Crippen LogP contribution in [0.15, 0.2) is 29.4 Å². The molecule has 0 radical (unpaired) electrons. The lowest BCUT2D eigenvalue weighted by atomic mass is 9.94. The van der Waals surface area contributed by atoms with E-state index in [1.165, 1.54) is 24.3 Å². The lowest BCUT2D eigenvalue weighted by molar-refractivity contribution is -0.145. The first-order valence-corrected chi connectivity index (χ1v) is 10.6. The van der Waals surface area contributed by atoms with Crippen molar-refractivity contribution in [3.8, 4) is 0 Å². The van der Waals surface area contributed by atoms with E-state index in [2.05, 4.69) is 5.10 Å². The van der Waals surface area contributed by atoms with Crippen LogP contribution in [0, 0.1) is 5.82 Å². The van der Waals surface area contributed by atoms with E-state index in [4.69, 9.17) is 9.47 Å². The van der Waals surface area contributed by atoms with Crippen LogP contribution in [-0.4, -0.2) is 54.9 Å². The first-order chi connectivity index (χ1) is 14.9. The normalized spacial score (nSPS) is 14.6. The molecule has 1 aliphatic rings. The molecule has 170 valence electrons. The predicted molar refractivity (Wildman–Crippen MR) is 114 cm³/mol. The standard InChI is InChI=1S/C22H30FN3O5/c1-4-30-20(28)15-19(27)26(18-13-11-16(23)12-14-18)24-21(22(29)31-5-2)25(3)17-9-7-6-8-10-17/h11-14,17H,4-10,15H2,1-3H3/b24-21-. The zero-order valence-corrected chi connectivity index (χ0v) is 18.3. The molecule has 9 heteroatoms. The number of likely N-dealkylation sites (N-methyl/N-ethyl adjacent to an activating group) is 1. The molecule has 0 unspecified atom stereocenters. The van der Waals surface area contributed by atoms with E-state index in [0.717, 1.165) is 37.1 Å². The number of amides is 1. The third-order valence-electron chi connectivity index (χ3n) is 5.02. The maximum atomic E-state index is 13.4. The molecule has 0 aromatic heterocycles. The molecule has 0 atom stereocenters. The van der Waals surface area contributed by atoms with Gasteiger partial charge in [-0.1, -0.05) is 19.3 Å². The molecule has 8 nitrogen and oxygen atoms in total. The van der Waals surface area contributed by atoms with Crippen molar-refractivity contribution < 1.29 is 28.2 Å². The summed E-state index contributed by atoms with van der Waals surface area (Å²) < 4.78 is 23.5. The van der Waals surface area contributed by atoms with Crippen LogP contribution in [-0.2, 0) is 23.9 Å². The van der Waals surface area contributed by atoms with Crippen LogP contribution in [0.25, 0.3) is 0 Å². The number of amidine groups is 1. The first-order valence-electron chi connectivity index (χ1n) is 10.6. The fourth-order valence-corrected chi connectivity index (χ4v) is 3.44. The smallest absolute Gasteiger partial charge is 0.376 e. The maximum Gasteiger partial charge on any atom is 0.376 e. The number of hydrazone groups is 1. The number of anilines is 1. The van der Waals surface area contributed by atoms with Crippen molar-refractivity contribution in [1.82, 2.24) is 4.90 Å². The maximum absolute atomic E-state index is 13.4. The summed E-state index contributed by atoms with van der Waals surface area (Å²) in [5, 5.41) is 5.24. The number of carbonyl (C=O) groups is 3. The molecule has 2 rings (SSSR count). The molecule has 0 bridgehead atoms. The van der Waals surface area contributed by atoms with Gasteiger partial charge >= 0.3 is 11.9 Å². The molecule has 0 aliphatic heterocycles. The molecule has 1 aromatic carbocycles. The summed E-state index contributed by atoms with van der Waals surface area (Å²) in [5.41, 5.74) is 0.217. The molecular weight excluding hydrogens is 405 g/mol. The summed E-state index contributed by atoms with van der Waals surface area (Å²) in [7, 11) is 1.74. The van der Waals surface area contributed by atoms with Crippen LogP contribution < -0.4 is 5.01 Å². The molecular formula is C22H30FN3O5. The molecule has 1 fully saturated rings. The Balaban J connectivity index is 2.43. The van der Waals surface area contributed by atoms with Crippen molar-refractivity contribution in [2.45, 2.75) is 58.4 Å². The Bertz CT molecular complexity index is 791. The number of nitrogens with zero attached hydrogens (tertiary/aromatic N) is 3. The summed E-state index contributed by atoms with van der Waals surface area (Å²) in [6.45, 7) is 3.59. The van der Waals surface area contributed by atoms with Gasteiger partial charge in [-0.3, -0.25) is 9.59 Å². The SMILES string of the molecule is CCOC(=O)CC(=O)N(/N=C(/C(=O)OCC)N(C)C1CCCCC1)c1ccc(F)cc1. The highest BCUT2D eigenvalue weighted by atomic mass is 19.1.